The van der Waals surface area contributed by atoms with Crippen LogP contribution in [0.1, 0.15) is 10.5 Å². The Balaban J connectivity index is 1.88. The number of carbonyl (C=O) groups is 1. The van der Waals surface area contributed by atoms with E-state index in [9.17, 15) is 4.79 Å². The molecular weight excluding hydrogens is 258 g/mol. The van der Waals surface area contributed by atoms with Crippen molar-refractivity contribution in [1.29, 1.82) is 0 Å². The number of morpholine rings is 1. The molecule has 0 atom stereocenters. The minimum atomic E-state index is -0.187. The molecule has 1 aromatic heterocycles. The lowest BCUT2D eigenvalue weighted by atomic mass is 10.3. The number of aromatic nitrogens is 2. The molecule has 0 spiro atoms. The molecule has 0 aromatic carbocycles. The molecule has 0 unspecified atom stereocenters. The number of amides is 1. The molecule has 1 fully saturated rings. The largest absolute Gasteiger partial charge is 0.378 e. The van der Waals surface area contributed by atoms with E-state index < -0.39 is 0 Å². The second-order valence-electron chi connectivity index (χ2n) is 4.94. The second kappa shape index (κ2) is 7.16. The predicted octanol–water partition coefficient (Wildman–Crippen LogP) is -0.395. The van der Waals surface area contributed by atoms with Gasteiger partial charge in [-0.1, -0.05) is 0 Å². The summed E-state index contributed by atoms with van der Waals surface area (Å²) < 4.78 is 5.29. The van der Waals surface area contributed by atoms with E-state index in [4.69, 9.17) is 4.74 Å². The number of carbonyl (C=O) groups excluding carboxylic acids is 1. The fourth-order valence-electron chi connectivity index (χ4n) is 1.89. The Kier molecular flexibility index (Phi) is 5.25. The lowest BCUT2D eigenvalue weighted by Gasteiger charge is -2.27. The van der Waals surface area contributed by atoms with Crippen LogP contribution in [0.5, 0.6) is 0 Å². The normalized spacial score (nSPS) is 15.4. The summed E-state index contributed by atoms with van der Waals surface area (Å²) in [5, 5.41) is 10.9. The smallest absolute Gasteiger partial charge is 0.271 e. The van der Waals surface area contributed by atoms with Crippen molar-refractivity contribution in [2.75, 3.05) is 58.4 Å². The molecule has 1 amide bonds. The van der Waals surface area contributed by atoms with Crippen LogP contribution in [0.25, 0.3) is 0 Å². The van der Waals surface area contributed by atoms with Gasteiger partial charge in [-0.05, 0) is 26.2 Å². The van der Waals surface area contributed by atoms with Crippen LogP contribution in [-0.4, -0.2) is 74.5 Å². The van der Waals surface area contributed by atoms with Crippen LogP contribution in [0.2, 0.25) is 0 Å². The van der Waals surface area contributed by atoms with Crippen LogP contribution in [0, 0.1) is 0 Å². The van der Waals surface area contributed by atoms with Crippen molar-refractivity contribution in [3.05, 3.63) is 17.8 Å². The van der Waals surface area contributed by atoms with Crippen molar-refractivity contribution in [3.8, 4) is 0 Å². The molecule has 7 nitrogen and oxygen atoms in total. The maximum atomic E-state index is 11.8. The number of rotatable bonds is 5. The van der Waals surface area contributed by atoms with Gasteiger partial charge in [-0.25, -0.2) is 0 Å². The molecule has 1 aliphatic heterocycles. The molecule has 7 heteroatoms. The summed E-state index contributed by atoms with van der Waals surface area (Å²) in [6.45, 7) is 4.42. The van der Waals surface area contributed by atoms with Gasteiger partial charge in [0.1, 0.15) is 0 Å². The average Bonchev–Trinajstić information content (AvgIpc) is 2.48. The van der Waals surface area contributed by atoms with E-state index >= 15 is 0 Å². The van der Waals surface area contributed by atoms with E-state index in [1.54, 1.807) is 6.07 Å². The Hall–Kier alpha value is -1.73. The third-order valence-corrected chi connectivity index (χ3v) is 3.06. The fourth-order valence-corrected chi connectivity index (χ4v) is 1.89. The summed E-state index contributed by atoms with van der Waals surface area (Å²) in [6, 6.07) is 3.54. The van der Waals surface area contributed by atoms with Crippen molar-refractivity contribution < 1.29 is 9.53 Å². The number of ether oxygens (including phenoxy) is 1. The quantitative estimate of drug-likeness (QED) is 0.791. The standard InChI is InChI=1S/C13H21N5O2/c1-17(2)6-5-14-13(19)11-3-4-12(16-15-11)18-7-9-20-10-8-18/h3-4H,5-10H2,1-2H3,(H,14,19). The van der Waals surface area contributed by atoms with Gasteiger partial charge in [0, 0.05) is 26.2 Å². The van der Waals surface area contributed by atoms with Crippen LogP contribution in [0.4, 0.5) is 5.82 Å². The van der Waals surface area contributed by atoms with Crippen molar-refractivity contribution in [2.24, 2.45) is 0 Å². The molecule has 0 saturated carbocycles. The first-order valence-electron chi connectivity index (χ1n) is 6.76. The molecule has 0 bridgehead atoms. The third kappa shape index (κ3) is 4.14. The Labute approximate surface area is 118 Å². The SMILES string of the molecule is CN(C)CCNC(=O)c1ccc(N2CCOCC2)nn1. The second-order valence-corrected chi connectivity index (χ2v) is 4.94. The van der Waals surface area contributed by atoms with Gasteiger partial charge < -0.3 is 19.9 Å². The molecule has 2 rings (SSSR count). The summed E-state index contributed by atoms with van der Waals surface area (Å²) in [7, 11) is 3.92. The van der Waals surface area contributed by atoms with Gasteiger partial charge in [0.15, 0.2) is 11.5 Å². The molecular formula is C13H21N5O2. The number of hydrogen-bond donors (Lipinski definition) is 1. The zero-order chi connectivity index (χ0) is 14.4. The van der Waals surface area contributed by atoms with E-state index in [-0.39, 0.29) is 5.91 Å². The van der Waals surface area contributed by atoms with Gasteiger partial charge in [0.25, 0.3) is 5.91 Å². The van der Waals surface area contributed by atoms with Gasteiger partial charge in [-0.3, -0.25) is 4.79 Å². The van der Waals surface area contributed by atoms with Crippen molar-refractivity contribution in [3.63, 3.8) is 0 Å². The molecule has 0 aliphatic carbocycles. The van der Waals surface area contributed by atoms with Gasteiger partial charge in [-0.15, -0.1) is 10.2 Å². The number of anilines is 1. The Morgan fingerprint density at radius 1 is 1.35 bits per heavy atom. The summed E-state index contributed by atoms with van der Waals surface area (Å²) in [4.78, 5) is 16.0. The molecule has 1 saturated heterocycles. The summed E-state index contributed by atoms with van der Waals surface area (Å²) in [6.07, 6.45) is 0. The highest BCUT2D eigenvalue weighted by molar-refractivity contribution is 5.92. The van der Waals surface area contributed by atoms with E-state index in [0.717, 1.165) is 25.5 Å². The average molecular weight is 279 g/mol. The highest BCUT2D eigenvalue weighted by Crippen LogP contribution is 2.11. The van der Waals surface area contributed by atoms with Crippen LogP contribution in [0.15, 0.2) is 12.1 Å². The minimum Gasteiger partial charge on any atom is -0.378 e. The molecule has 110 valence electrons. The summed E-state index contributed by atoms with van der Waals surface area (Å²) >= 11 is 0. The Morgan fingerprint density at radius 2 is 2.10 bits per heavy atom. The predicted molar refractivity (Wildman–Crippen MR) is 76.0 cm³/mol. The minimum absolute atomic E-state index is 0.187. The first-order valence-corrected chi connectivity index (χ1v) is 6.76. The fraction of sp³-hybridized carbons (Fsp3) is 0.615. The first-order chi connectivity index (χ1) is 9.66. The first kappa shape index (κ1) is 14.7. The van der Waals surface area contributed by atoms with Crippen molar-refractivity contribution in [1.82, 2.24) is 20.4 Å². The zero-order valence-corrected chi connectivity index (χ0v) is 12.0. The van der Waals surface area contributed by atoms with Crippen molar-refractivity contribution in [2.45, 2.75) is 0 Å². The van der Waals surface area contributed by atoms with E-state index in [2.05, 4.69) is 20.4 Å². The van der Waals surface area contributed by atoms with Gasteiger partial charge in [-0.2, -0.15) is 0 Å². The highest BCUT2D eigenvalue weighted by atomic mass is 16.5. The number of nitrogens with zero attached hydrogens (tertiary/aromatic N) is 4. The Morgan fingerprint density at radius 3 is 2.70 bits per heavy atom. The number of hydrogen-bond acceptors (Lipinski definition) is 6. The third-order valence-electron chi connectivity index (χ3n) is 3.06. The molecule has 1 aliphatic rings. The van der Waals surface area contributed by atoms with Gasteiger partial charge in [0.05, 0.1) is 13.2 Å². The Bertz CT molecular complexity index is 429. The lowest BCUT2D eigenvalue weighted by Crippen LogP contribution is -2.37. The topological polar surface area (TPSA) is 70.6 Å². The number of likely N-dealkylation sites (N-methyl/N-ethyl adjacent to an activating group) is 1. The monoisotopic (exact) mass is 279 g/mol. The molecule has 2 heterocycles. The van der Waals surface area contributed by atoms with E-state index in [0.29, 0.717) is 25.5 Å². The van der Waals surface area contributed by atoms with E-state index in [1.807, 2.05) is 25.1 Å². The number of nitrogens with one attached hydrogen (secondary N) is 1. The maximum absolute atomic E-state index is 11.8. The zero-order valence-electron chi connectivity index (χ0n) is 12.0. The van der Waals surface area contributed by atoms with Crippen LogP contribution >= 0.6 is 0 Å². The van der Waals surface area contributed by atoms with Gasteiger partial charge in [0.2, 0.25) is 0 Å². The maximum Gasteiger partial charge on any atom is 0.271 e. The van der Waals surface area contributed by atoms with Gasteiger partial charge >= 0.3 is 0 Å². The van der Waals surface area contributed by atoms with Crippen LogP contribution in [0.3, 0.4) is 0 Å². The highest BCUT2D eigenvalue weighted by Gasteiger charge is 2.14. The van der Waals surface area contributed by atoms with Crippen LogP contribution < -0.4 is 10.2 Å². The lowest BCUT2D eigenvalue weighted by molar-refractivity contribution is 0.0945. The van der Waals surface area contributed by atoms with E-state index in [1.165, 1.54) is 0 Å². The molecule has 1 N–H and O–H groups in total. The summed E-state index contributed by atoms with van der Waals surface area (Å²) in [5.41, 5.74) is 0.348. The van der Waals surface area contributed by atoms with Crippen molar-refractivity contribution >= 4 is 11.7 Å². The van der Waals surface area contributed by atoms with Crippen LogP contribution in [-0.2, 0) is 4.74 Å². The molecule has 0 radical (unpaired) electrons. The molecule has 1 aromatic rings. The molecule has 20 heavy (non-hydrogen) atoms. The summed E-state index contributed by atoms with van der Waals surface area (Å²) in [5.74, 6) is 0.603.